The Kier molecular flexibility index (Phi) is 3.94. The maximum Gasteiger partial charge on any atom is 0.267 e. The van der Waals surface area contributed by atoms with Gasteiger partial charge in [-0.1, -0.05) is 24.3 Å². The maximum atomic E-state index is 12.3. The van der Waals surface area contributed by atoms with Crippen LogP contribution in [0.1, 0.15) is 17.8 Å². The number of amides is 1. The molecule has 1 saturated heterocycles. The molecule has 5 heteroatoms. The highest BCUT2D eigenvalue weighted by Crippen LogP contribution is 2.39. The number of hydrogen-bond acceptors (Lipinski definition) is 4. The highest BCUT2D eigenvalue weighted by molar-refractivity contribution is 7.10. The highest BCUT2D eigenvalue weighted by atomic mass is 32.1. The lowest BCUT2D eigenvalue weighted by Crippen LogP contribution is -2.62. The number of para-hydroxylation sites is 1. The van der Waals surface area contributed by atoms with Crippen molar-refractivity contribution in [1.29, 1.82) is 0 Å². The van der Waals surface area contributed by atoms with Crippen LogP contribution in [0, 0.1) is 0 Å². The van der Waals surface area contributed by atoms with Crippen molar-refractivity contribution in [3.05, 3.63) is 52.7 Å². The first-order valence-corrected chi connectivity index (χ1v) is 7.78. The molecular formula is C16H17NO3S. The predicted molar refractivity (Wildman–Crippen MR) is 81.3 cm³/mol. The van der Waals surface area contributed by atoms with Crippen LogP contribution in [0.5, 0.6) is 5.75 Å². The molecule has 0 spiro atoms. The molecule has 4 nitrogen and oxygen atoms in total. The summed E-state index contributed by atoms with van der Waals surface area (Å²) >= 11 is 1.60. The van der Waals surface area contributed by atoms with E-state index in [9.17, 15) is 9.90 Å². The summed E-state index contributed by atoms with van der Waals surface area (Å²) in [5, 5.41) is 11.5. The number of β-lactam (4-membered cyclic amide) rings is 1. The van der Waals surface area contributed by atoms with Gasteiger partial charge < -0.3 is 14.7 Å². The SMILES string of the molecule is CC(O)CN1C(=O)[C@@H](Oc2ccccc2)[C@H]1c1cccs1. The van der Waals surface area contributed by atoms with Gasteiger partial charge in [-0.15, -0.1) is 11.3 Å². The standard InChI is InChI=1S/C16H17NO3S/c1-11(18)10-17-14(13-8-5-9-21-13)15(16(17)19)20-12-6-3-2-4-7-12/h2-9,11,14-15,18H,10H2,1H3/t11?,14-,15+/m1/s1. The van der Waals surface area contributed by atoms with Gasteiger partial charge >= 0.3 is 0 Å². The van der Waals surface area contributed by atoms with Crippen molar-refractivity contribution in [3.63, 3.8) is 0 Å². The summed E-state index contributed by atoms with van der Waals surface area (Å²) in [5.74, 6) is 0.618. The molecule has 2 aromatic rings. The first-order chi connectivity index (χ1) is 10.2. The molecular weight excluding hydrogens is 286 g/mol. The fourth-order valence-corrected chi connectivity index (χ4v) is 3.39. The molecule has 1 amide bonds. The Labute approximate surface area is 127 Å². The van der Waals surface area contributed by atoms with Crippen molar-refractivity contribution in [2.75, 3.05) is 6.54 Å². The van der Waals surface area contributed by atoms with Crippen LogP contribution in [-0.4, -0.2) is 34.7 Å². The van der Waals surface area contributed by atoms with Gasteiger partial charge in [-0.05, 0) is 30.5 Å². The number of nitrogens with zero attached hydrogens (tertiary/aromatic N) is 1. The van der Waals surface area contributed by atoms with Gasteiger partial charge in [0.1, 0.15) is 11.8 Å². The van der Waals surface area contributed by atoms with E-state index in [1.807, 2.05) is 47.8 Å². The van der Waals surface area contributed by atoms with E-state index in [4.69, 9.17) is 4.74 Å². The average Bonchev–Trinajstić information content (AvgIpc) is 2.99. The number of carbonyl (C=O) groups is 1. The number of rotatable bonds is 5. The minimum Gasteiger partial charge on any atom is -0.478 e. The first kappa shape index (κ1) is 14.1. The summed E-state index contributed by atoms with van der Waals surface area (Å²) in [6, 6.07) is 13.2. The fourth-order valence-electron chi connectivity index (χ4n) is 2.53. The Morgan fingerprint density at radius 3 is 2.67 bits per heavy atom. The molecule has 1 aliphatic heterocycles. The zero-order valence-electron chi connectivity index (χ0n) is 11.7. The molecule has 0 radical (unpaired) electrons. The van der Waals surface area contributed by atoms with Crippen molar-refractivity contribution in [3.8, 4) is 5.75 Å². The van der Waals surface area contributed by atoms with Crippen molar-refractivity contribution >= 4 is 17.2 Å². The lowest BCUT2D eigenvalue weighted by molar-refractivity contribution is -0.166. The van der Waals surface area contributed by atoms with Crippen LogP contribution in [0.4, 0.5) is 0 Å². The predicted octanol–water partition coefficient (Wildman–Crippen LogP) is 2.46. The molecule has 3 atom stereocenters. The fraction of sp³-hybridized carbons (Fsp3) is 0.312. The van der Waals surface area contributed by atoms with Crippen molar-refractivity contribution in [2.24, 2.45) is 0 Å². The molecule has 1 fully saturated rings. The Balaban J connectivity index is 1.81. The Hall–Kier alpha value is -1.85. The third kappa shape index (κ3) is 2.80. The second kappa shape index (κ2) is 5.87. The van der Waals surface area contributed by atoms with Crippen LogP contribution in [0.2, 0.25) is 0 Å². The smallest absolute Gasteiger partial charge is 0.267 e. The van der Waals surface area contributed by atoms with Gasteiger partial charge in [0, 0.05) is 11.4 Å². The van der Waals surface area contributed by atoms with Crippen molar-refractivity contribution in [1.82, 2.24) is 4.90 Å². The Morgan fingerprint density at radius 2 is 2.05 bits per heavy atom. The van der Waals surface area contributed by atoms with Gasteiger partial charge in [0.15, 0.2) is 0 Å². The second-order valence-electron chi connectivity index (χ2n) is 5.15. The summed E-state index contributed by atoms with van der Waals surface area (Å²) in [4.78, 5) is 15.1. The van der Waals surface area contributed by atoms with E-state index >= 15 is 0 Å². The summed E-state index contributed by atoms with van der Waals surface area (Å²) in [6.07, 6.45) is -1.06. The lowest BCUT2D eigenvalue weighted by Gasteiger charge is -2.46. The average molecular weight is 303 g/mol. The van der Waals surface area contributed by atoms with E-state index in [1.54, 1.807) is 23.2 Å². The summed E-state index contributed by atoms with van der Waals surface area (Å²) in [7, 11) is 0. The molecule has 1 aromatic carbocycles. The summed E-state index contributed by atoms with van der Waals surface area (Å²) in [5.41, 5.74) is 0. The normalized spacial score (nSPS) is 22.8. The summed E-state index contributed by atoms with van der Waals surface area (Å²) in [6.45, 7) is 2.01. The maximum absolute atomic E-state index is 12.3. The van der Waals surface area contributed by atoms with Crippen LogP contribution in [0.15, 0.2) is 47.8 Å². The van der Waals surface area contributed by atoms with E-state index in [-0.39, 0.29) is 11.9 Å². The molecule has 21 heavy (non-hydrogen) atoms. The lowest BCUT2D eigenvalue weighted by atomic mass is 9.95. The zero-order chi connectivity index (χ0) is 14.8. The summed E-state index contributed by atoms with van der Waals surface area (Å²) < 4.78 is 5.84. The van der Waals surface area contributed by atoms with Gasteiger partial charge in [-0.2, -0.15) is 0 Å². The van der Waals surface area contributed by atoms with Crippen molar-refractivity contribution in [2.45, 2.75) is 25.2 Å². The topological polar surface area (TPSA) is 49.8 Å². The minimum atomic E-state index is -0.547. The molecule has 110 valence electrons. The van der Waals surface area contributed by atoms with Gasteiger partial charge in [0.2, 0.25) is 6.10 Å². The first-order valence-electron chi connectivity index (χ1n) is 6.90. The van der Waals surface area contributed by atoms with E-state index in [2.05, 4.69) is 0 Å². The number of ether oxygens (including phenoxy) is 1. The third-order valence-corrected chi connectivity index (χ3v) is 4.39. The van der Waals surface area contributed by atoms with Gasteiger partial charge in [0.05, 0.1) is 6.10 Å². The third-order valence-electron chi connectivity index (χ3n) is 3.45. The van der Waals surface area contributed by atoms with Crippen LogP contribution in [0.3, 0.4) is 0 Å². The molecule has 1 aliphatic rings. The molecule has 1 aromatic heterocycles. The quantitative estimate of drug-likeness (QED) is 0.863. The van der Waals surface area contributed by atoms with Crippen LogP contribution in [-0.2, 0) is 4.79 Å². The van der Waals surface area contributed by atoms with E-state index in [0.29, 0.717) is 12.3 Å². The molecule has 0 aliphatic carbocycles. The van der Waals surface area contributed by atoms with Crippen LogP contribution < -0.4 is 4.74 Å². The number of likely N-dealkylation sites (tertiary alicyclic amines) is 1. The van der Waals surface area contributed by atoms with Crippen LogP contribution >= 0.6 is 11.3 Å². The number of β-amino-alcohol motifs (C(OH)–C–C–N with tert-alkyl or cyclic N) is 1. The number of carbonyl (C=O) groups excluding carboxylic acids is 1. The van der Waals surface area contributed by atoms with Gasteiger partial charge in [-0.3, -0.25) is 4.79 Å². The number of aliphatic hydroxyl groups excluding tert-OH is 1. The monoisotopic (exact) mass is 303 g/mol. The Bertz CT molecular complexity index is 597. The Morgan fingerprint density at radius 1 is 1.29 bits per heavy atom. The van der Waals surface area contributed by atoms with Gasteiger partial charge in [0.25, 0.3) is 5.91 Å². The van der Waals surface area contributed by atoms with Gasteiger partial charge in [-0.25, -0.2) is 0 Å². The second-order valence-corrected chi connectivity index (χ2v) is 6.13. The number of aliphatic hydroxyl groups is 1. The van der Waals surface area contributed by atoms with E-state index < -0.39 is 12.2 Å². The number of thiophene rings is 1. The highest BCUT2D eigenvalue weighted by Gasteiger charge is 2.50. The molecule has 2 heterocycles. The van der Waals surface area contributed by atoms with Crippen molar-refractivity contribution < 1.29 is 14.6 Å². The van der Waals surface area contributed by atoms with Crippen LogP contribution in [0.25, 0.3) is 0 Å². The zero-order valence-corrected chi connectivity index (χ0v) is 12.5. The molecule has 1 unspecified atom stereocenters. The van der Waals surface area contributed by atoms with E-state index in [1.165, 1.54) is 0 Å². The largest absolute Gasteiger partial charge is 0.478 e. The molecule has 0 bridgehead atoms. The number of benzene rings is 1. The van der Waals surface area contributed by atoms with E-state index in [0.717, 1.165) is 4.88 Å². The molecule has 3 rings (SSSR count). The molecule has 1 N–H and O–H groups in total. The molecule has 0 saturated carbocycles. The minimum absolute atomic E-state index is 0.0712. The number of hydrogen-bond donors (Lipinski definition) is 1.